The molecule has 2 nitrogen and oxygen atoms in total. The summed E-state index contributed by atoms with van der Waals surface area (Å²) in [5.41, 5.74) is 2.19. The summed E-state index contributed by atoms with van der Waals surface area (Å²) in [6, 6.07) is 7.13. The maximum Gasteiger partial charge on any atom is 0.115 e. The first-order chi connectivity index (χ1) is 8.29. The fourth-order valence-electron chi connectivity index (χ4n) is 2.55. The van der Waals surface area contributed by atoms with Gasteiger partial charge in [0.15, 0.2) is 0 Å². The van der Waals surface area contributed by atoms with Crippen molar-refractivity contribution in [3.8, 4) is 5.75 Å². The van der Waals surface area contributed by atoms with E-state index in [4.69, 9.17) is 0 Å². The summed E-state index contributed by atoms with van der Waals surface area (Å²) in [5, 5.41) is 18.7. The zero-order chi connectivity index (χ0) is 12.1. The maximum absolute atomic E-state index is 9.48. The normalized spacial score (nSPS) is 18.3. The van der Waals surface area contributed by atoms with Gasteiger partial charge in [-0.05, 0) is 42.0 Å². The van der Waals surface area contributed by atoms with Gasteiger partial charge < -0.3 is 10.2 Å². The van der Waals surface area contributed by atoms with Crippen LogP contribution in [0.15, 0.2) is 29.8 Å². The molecular weight excluding hydrogens is 212 g/mol. The molecule has 0 heterocycles. The predicted molar refractivity (Wildman–Crippen MR) is 69.7 cm³/mol. The van der Waals surface area contributed by atoms with Crippen molar-refractivity contribution in [1.29, 1.82) is 0 Å². The SMILES string of the molecule is OCC(=Cc1ccc(O)cc1)C1CCCCC1. The van der Waals surface area contributed by atoms with Gasteiger partial charge in [-0.2, -0.15) is 0 Å². The molecule has 1 aromatic rings. The van der Waals surface area contributed by atoms with Crippen LogP contribution >= 0.6 is 0 Å². The Bertz CT molecular complexity index is 372. The van der Waals surface area contributed by atoms with Crippen molar-refractivity contribution in [2.45, 2.75) is 32.1 Å². The lowest BCUT2D eigenvalue weighted by atomic mass is 9.83. The number of phenols is 1. The van der Waals surface area contributed by atoms with Crippen molar-refractivity contribution in [1.82, 2.24) is 0 Å². The maximum atomic E-state index is 9.48. The Morgan fingerprint density at radius 3 is 2.35 bits per heavy atom. The fraction of sp³-hybridized carbons (Fsp3) is 0.467. The lowest BCUT2D eigenvalue weighted by Gasteiger charge is -2.23. The van der Waals surface area contributed by atoms with Gasteiger partial charge in [0.25, 0.3) is 0 Å². The highest BCUT2D eigenvalue weighted by Crippen LogP contribution is 2.30. The molecule has 0 unspecified atom stereocenters. The van der Waals surface area contributed by atoms with E-state index in [0.717, 1.165) is 11.1 Å². The van der Waals surface area contributed by atoms with Crippen molar-refractivity contribution >= 4 is 6.08 Å². The lowest BCUT2D eigenvalue weighted by molar-refractivity contribution is 0.295. The van der Waals surface area contributed by atoms with E-state index in [1.807, 2.05) is 12.1 Å². The molecule has 2 N–H and O–H groups in total. The van der Waals surface area contributed by atoms with Gasteiger partial charge in [-0.15, -0.1) is 0 Å². The molecule has 0 aromatic heterocycles. The first-order valence-corrected chi connectivity index (χ1v) is 6.40. The van der Waals surface area contributed by atoms with Crippen molar-refractivity contribution in [3.63, 3.8) is 0 Å². The molecule has 1 fully saturated rings. The van der Waals surface area contributed by atoms with Gasteiger partial charge >= 0.3 is 0 Å². The van der Waals surface area contributed by atoms with Crippen molar-refractivity contribution < 1.29 is 10.2 Å². The molecule has 1 aliphatic carbocycles. The van der Waals surface area contributed by atoms with Gasteiger partial charge in [0.2, 0.25) is 0 Å². The monoisotopic (exact) mass is 232 g/mol. The van der Waals surface area contributed by atoms with Crippen LogP contribution in [0, 0.1) is 5.92 Å². The van der Waals surface area contributed by atoms with Gasteiger partial charge in [-0.25, -0.2) is 0 Å². The topological polar surface area (TPSA) is 40.5 Å². The van der Waals surface area contributed by atoms with E-state index in [1.54, 1.807) is 12.1 Å². The Hall–Kier alpha value is -1.28. The molecule has 0 amide bonds. The van der Waals surface area contributed by atoms with Crippen LogP contribution in [0.25, 0.3) is 6.08 Å². The molecule has 0 aliphatic heterocycles. The van der Waals surface area contributed by atoms with E-state index in [1.165, 1.54) is 32.1 Å². The largest absolute Gasteiger partial charge is 0.508 e. The van der Waals surface area contributed by atoms with Crippen LogP contribution in [0.3, 0.4) is 0 Å². The molecule has 1 saturated carbocycles. The van der Waals surface area contributed by atoms with Crippen LogP contribution in [0.5, 0.6) is 5.75 Å². The molecule has 1 aromatic carbocycles. The van der Waals surface area contributed by atoms with Gasteiger partial charge in [-0.3, -0.25) is 0 Å². The molecule has 2 rings (SSSR count). The molecule has 0 saturated heterocycles. The van der Waals surface area contributed by atoms with E-state index in [2.05, 4.69) is 6.08 Å². The molecule has 0 radical (unpaired) electrons. The van der Waals surface area contributed by atoms with Gasteiger partial charge in [0, 0.05) is 0 Å². The smallest absolute Gasteiger partial charge is 0.115 e. The molecule has 17 heavy (non-hydrogen) atoms. The number of rotatable bonds is 3. The van der Waals surface area contributed by atoms with E-state index in [-0.39, 0.29) is 12.4 Å². The van der Waals surface area contributed by atoms with Crippen LogP contribution in [-0.4, -0.2) is 16.8 Å². The molecule has 1 aliphatic rings. The van der Waals surface area contributed by atoms with Gasteiger partial charge in [0.1, 0.15) is 5.75 Å². The van der Waals surface area contributed by atoms with E-state index >= 15 is 0 Å². The first kappa shape index (κ1) is 12.2. The molecule has 0 atom stereocenters. The Morgan fingerprint density at radius 1 is 1.12 bits per heavy atom. The standard InChI is InChI=1S/C15H20O2/c16-11-14(13-4-2-1-3-5-13)10-12-6-8-15(17)9-7-12/h6-10,13,16-17H,1-5,11H2. The second-order valence-electron chi connectivity index (χ2n) is 4.80. The average molecular weight is 232 g/mol. The van der Waals surface area contributed by atoms with Crippen molar-refractivity contribution in [2.24, 2.45) is 5.92 Å². The number of aromatic hydroxyl groups is 1. The van der Waals surface area contributed by atoms with Crippen LogP contribution in [-0.2, 0) is 0 Å². The second kappa shape index (κ2) is 5.87. The van der Waals surface area contributed by atoms with Crippen LogP contribution in [0.4, 0.5) is 0 Å². The minimum atomic E-state index is 0.144. The number of aliphatic hydroxyl groups excluding tert-OH is 1. The van der Waals surface area contributed by atoms with E-state index in [0.29, 0.717) is 5.92 Å². The molecule has 0 bridgehead atoms. The highest BCUT2D eigenvalue weighted by Gasteiger charge is 2.16. The average Bonchev–Trinajstić information content (AvgIpc) is 2.39. The van der Waals surface area contributed by atoms with Gasteiger partial charge in [0.05, 0.1) is 6.61 Å². The zero-order valence-corrected chi connectivity index (χ0v) is 10.1. The Labute approximate surface area is 103 Å². The summed E-state index contributed by atoms with van der Waals surface area (Å²) >= 11 is 0. The van der Waals surface area contributed by atoms with Gasteiger partial charge in [-0.1, -0.05) is 37.5 Å². The van der Waals surface area contributed by atoms with E-state index in [9.17, 15) is 10.2 Å². The summed E-state index contributed by atoms with van der Waals surface area (Å²) in [6.07, 6.45) is 8.34. The zero-order valence-electron chi connectivity index (χ0n) is 10.1. The highest BCUT2D eigenvalue weighted by atomic mass is 16.3. The summed E-state index contributed by atoms with van der Waals surface area (Å²) in [6.45, 7) is 0.144. The first-order valence-electron chi connectivity index (χ1n) is 6.40. The van der Waals surface area contributed by atoms with Crippen LogP contribution in [0.1, 0.15) is 37.7 Å². The number of hydrogen-bond donors (Lipinski definition) is 2. The number of phenolic OH excluding ortho intramolecular Hbond substituents is 1. The van der Waals surface area contributed by atoms with Crippen LogP contribution < -0.4 is 0 Å². The van der Waals surface area contributed by atoms with E-state index < -0.39 is 0 Å². The number of hydrogen-bond acceptors (Lipinski definition) is 2. The third-order valence-electron chi connectivity index (χ3n) is 3.56. The summed E-state index contributed by atoms with van der Waals surface area (Å²) in [7, 11) is 0. The molecular formula is C15H20O2. The fourth-order valence-corrected chi connectivity index (χ4v) is 2.55. The molecule has 0 spiro atoms. The van der Waals surface area contributed by atoms with Crippen LogP contribution in [0.2, 0.25) is 0 Å². The Balaban J connectivity index is 2.13. The summed E-state index contributed by atoms with van der Waals surface area (Å²) < 4.78 is 0. The lowest BCUT2D eigenvalue weighted by Crippen LogP contribution is -2.11. The Kier molecular flexibility index (Phi) is 4.21. The molecule has 92 valence electrons. The quantitative estimate of drug-likeness (QED) is 0.839. The highest BCUT2D eigenvalue weighted by molar-refractivity contribution is 5.54. The Morgan fingerprint density at radius 2 is 1.76 bits per heavy atom. The minimum absolute atomic E-state index is 0.144. The predicted octanol–water partition coefficient (Wildman–Crippen LogP) is 3.35. The summed E-state index contributed by atoms with van der Waals surface area (Å²) in [4.78, 5) is 0. The summed E-state index contributed by atoms with van der Waals surface area (Å²) in [5.74, 6) is 0.827. The number of aliphatic hydroxyl groups is 1. The third-order valence-corrected chi connectivity index (χ3v) is 3.56. The van der Waals surface area contributed by atoms with Crippen molar-refractivity contribution in [2.75, 3.05) is 6.61 Å². The third kappa shape index (κ3) is 3.34. The number of benzene rings is 1. The van der Waals surface area contributed by atoms with Crippen molar-refractivity contribution in [3.05, 3.63) is 35.4 Å². The minimum Gasteiger partial charge on any atom is -0.508 e. The second-order valence-corrected chi connectivity index (χ2v) is 4.80. The molecule has 2 heteroatoms.